The third-order valence-electron chi connectivity index (χ3n) is 4.62. The molecule has 0 saturated heterocycles. The number of thioether (sulfide) groups is 1. The molecule has 2 aromatic rings. The molecule has 1 saturated carbocycles. The second-order valence-electron chi connectivity index (χ2n) is 6.15. The first-order chi connectivity index (χ1) is 11.4. The molecule has 1 fully saturated rings. The topological polar surface area (TPSA) is 38.2 Å². The minimum atomic E-state index is 0.462. The van der Waals surface area contributed by atoms with Gasteiger partial charge in [-0.15, -0.1) is 11.8 Å². The van der Waals surface area contributed by atoms with Crippen molar-refractivity contribution in [2.24, 2.45) is 0 Å². The lowest BCUT2D eigenvalue weighted by Crippen LogP contribution is -2.34. The highest BCUT2D eigenvalue weighted by Crippen LogP contribution is 2.43. The summed E-state index contributed by atoms with van der Waals surface area (Å²) < 4.78 is 5.86. The smallest absolute Gasteiger partial charge is 0.132 e. The molecule has 0 atom stereocenters. The van der Waals surface area contributed by atoms with Gasteiger partial charge in [0.1, 0.15) is 12.4 Å². The van der Waals surface area contributed by atoms with Crippen LogP contribution in [0.15, 0.2) is 41.7 Å². The average Bonchev–Trinajstić information content (AvgIpc) is 3.05. The van der Waals surface area contributed by atoms with Crippen LogP contribution in [0.4, 0.5) is 5.69 Å². The molecule has 2 heterocycles. The van der Waals surface area contributed by atoms with Crippen molar-refractivity contribution in [1.29, 1.82) is 0 Å². The molecule has 23 heavy (non-hydrogen) atoms. The molecule has 1 aromatic carbocycles. The van der Waals surface area contributed by atoms with Gasteiger partial charge in [-0.1, -0.05) is 19.3 Å². The quantitative estimate of drug-likeness (QED) is 0.839. The van der Waals surface area contributed by atoms with Gasteiger partial charge < -0.3 is 9.64 Å². The third-order valence-corrected chi connectivity index (χ3v) is 5.66. The summed E-state index contributed by atoms with van der Waals surface area (Å²) in [7, 11) is 0. The van der Waals surface area contributed by atoms with E-state index in [1.807, 2.05) is 11.8 Å². The largest absolute Gasteiger partial charge is 0.487 e. The molecule has 1 aliphatic carbocycles. The molecule has 120 valence electrons. The van der Waals surface area contributed by atoms with Gasteiger partial charge in [-0.25, -0.2) is 0 Å². The zero-order valence-electron chi connectivity index (χ0n) is 13.1. The molecule has 0 amide bonds. The van der Waals surface area contributed by atoms with E-state index in [0.29, 0.717) is 6.61 Å². The van der Waals surface area contributed by atoms with Gasteiger partial charge in [0.2, 0.25) is 0 Å². The van der Waals surface area contributed by atoms with Gasteiger partial charge >= 0.3 is 0 Å². The molecular formula is C18H21N3OS. The van der Waals surface area contributed by atoms with E-state index in [2.05, 4.69) is 33.1 Å². The predicted molar refractivity (Wildman–Crippen MR) is 92.9 cm³/mol. The normalized spacial score (nSPS) is 18.0. The van der Waals surface area contributed by atoms with Gasteiger partial charge in [0.05, 0.1) is 23.5 Å². The first kappa shape index (κ1) is 14.8. The molecule has 5 heteroatoms. The fraction of sp³-hybridized carbons (Fsp3) is 0.444. The number of anilines is 1. The lowest BCUT2D eigenvalue weighted by molar-refractivity contribution is 0.300. The van der Waals surface area contributed by atoms with Crippen molar-refractivity contribution in [2.45, 2.75) is 49.6 Å². The Kier molecular flexibility index (Phi) is 4.37. The zero-order chi connectivity index (χ0) is 15.5. The van der Waals surface area contributed by atoms with E-state index in [1.165, 1.54) is 42.7 Å². The maximum Gasteiger partial charge on any atom is 0.132 e. The Morgan fingerprint density at radius 2 is 2.09 bits per heavy atom. The number of hydrogen-bond donors (Lipinski definition) is 0. The Morgan fingerprint density at radius 1 is 1.17 bits per heavy atom. The van der Waals surface area contributed by atoms with Gasteiger partial charge in [0, 0.05) is 23.3 Å². The van der Waals surface area contributed by atoms with E-state index >= 15 is 0 Å². The fourth-order valence-corrected chi connectivity index (χ4v) is 4.56. The van der Waals surface area contributed by atoms with Crippen molar-refractivity contribution in [1.82, 2.24) is 9.97 Å². The third kappa shape index (κ3) is 3.29. The Balaban J connectivity index is 1.44. The number of rotatable bonds is 4. The van der Waals surface area contributed by atoms with Crippen LogP contribution >= 0.6 is 11.8 Å². The molecule has 0 radical (unpaired) electrons. The van der Waals surface area contributed by atoms with Gasteiger partial charge in [0.25, 0.3) is 0 Å². The van der Waals surface area contributed by atoms with Crippen LogP contribution in [0.1, 0.15) is 37.8 Å². The Labute approximate surface area is 141 Å². The number of ether oxygens (including phenoxy) is 1. The maximum absolute atomic E-state index is 5.86. The summed E-state index contributed by atoms with van der Waals surface area (Å²) in [5, 5.41) is 0. The molecule has 0 bridgehead atoms. The number of aromatic nitrogens is 2. The minimum absolute atomic E-state index is 0.462. The van der Waals surface area contributed by atoms with Crippen molar-refractivity contribution < 1.29 is 4.74 Å². The molecule has 0 spiro atoms. The Hall–Kier alpha value is -1.75. The molecule has 4 rings (SSSR count). The highest BCUT2D eigenvalue weighted by molar-refractivity contribution is 7.99. The number of hydrogen-bond acceptors (Lipinski definition) is 5. The standard InChI is InChI=1S/C18H21N3OS/c1-2-4-15(5-3-1)21-13-23-18-10-16(6-7-17(18)21)22-12-14-11-19-8-9-20-14/h6-11,15H,1-5,12-13H2. The van der Waals surface area contributed by atoms with Crippen LogP contribution in [0.2, 0.25) is 0 Å². The summed E-state index contributed by atoms with van der Waals surface area (Å²) in [6, 6.07) is 7.19. The Bertz CT molecular complexity index is 659. The summed E-state index contributed by atoms with van der Waals surface area (Å²) in [6.07, 6.45) is 11.9. The number of nitrogens with zero attached hydrogens (tertiary/aromatic N) is 3. The van der Waals surface area contributed by atoms with E-state index < -0.39 is 0 Å². The number of benzene rings is 1. The molecule has 0 N–H and O–H groups in total. The van der Waals surface area contributed by atoms with E-state index in [0.717, 1.165) is 23.4 Å². The minimum Gasteiger partial charge on any atom is -0.487 e. The zero-order valence-corrected chi connectivity index (χ0v) is 14.0. The fourth-order valence-electron chi connectivity index (χ4n) is 3.40. The molecular weight excluding hydrogens is 306 g/mol. The summed E-state index contributed by atoms with van der Waals surface area (Å²) in [4.78, 5) is 12.2. The summed E-state index contributed by atoms with van der Waals surface area (Å²) in [5.74, 6) is 1.99. The average molecular weight is 327 g/mol. The summed E-state index contributed by atoms with van der Waals surface area (Å²) in [5.41, 5.74) is 2.23. The maximum atomic E-state index is 5.86. The number of fused-ring (bicyclic) bond motifs is 1. The van der Waals surface area contributed by atoms with E-state index in [9.17, 15) is 0 Å². The van der Waals surface area contributed by atoms with Crippen molar-refractivity contribution in [3.8, 4) is 5.75 Å². The van der Waals surface area contributed by atoms with Crippen LogP contribution in [0.5, 0.6) is 5.75 Å². The van der Waals surface area contributed by atoms with Crippen molar-refractivity contribution in [3.05, 3.63) is 42.5 Å². The van der Waals surface area contributed by atoms with Crippen molar-refractivity contribution in [3.63, 3.8) is 0 Å². The van der Waals surface area contributed by atoms with Gasteiger partial charge in [-0.3, -0.25) is 9.97 Å². The molecule has 4 nitrogen and oxygen atoms in total. The lowest BCUT2D eigenvalue weighted by Gasteiger charge is -2.32. The first-order valence-electron chi connectivity index (χ1n) is 8.31. The van der Waals surface area contributed by atoms with Crippen LogP contribution in [0.3, 0.4) is 0 Å². The van der Waals surface area contributed by atoms with E-state index in [-0.39, 0.29) is 0 Å². The summed E-state index contributed by atoms with van der Waals surface area (Å²) in [6.45, 7) is 0.462. The highest BCUT2D eigenvalue weighted by atomic mass is 32.2. The van der Waals surface area contributed by atoms with Crippen LogP contribution in [-0.4, -0.2) is 21.9 Å². The second kappa shape index (κ2) is 6.79. The molecule has 0 unspecified atom stereocenters. The van der Waals surface area contributed by atoms with Crippen LogP contribution in [0, 0.1) is 0 Å². The van der Waals surface area contributed by atoms with Crippen molar-refractivity contribution in [2.75, 3.05) is 10.8 Å². The molecule has 2 aliphatic rings. The molecule has 1 aliphatic heterocycles. The lowest BCUT2D eigenvalue weighted by atomic mass is 9.94. The predicted octanol–water partition coefficient (Wildman–Crippen LogP) is 4.26. The highest BCUT2D eigenvalue weighted by Gasteiger charge is 2.28. The van der Waals surface area contributed by atoms with Gasteiger partial charge in [-0.05, 0) is 31.0 Å². The second-order valence-corrected chi connectivity index (χ2v) is 7.14. The van der Waals surface area contributed by atoms with Gasteiger partial charge in [0.15, 0.2) is 0 Å². The van der Waals surface area contributed by atoms with E-state index in [1.54, 1.807) is 18.6 Å². The van der Waals surface area contributed by atoms with Crippen LogP contribution in [-0.2, 0) is 6.61 Å². The summed E-state index contributed by atoms with van der Waals surface area (Å²) >= 11 is 1.92. The van der Waals surface area contributed by atoms with Crippen molar-refractivity contribution >= 4 is 17.4 Å². The SMILES string of the molecule is c1cnc(COc2ccc3c(c2)SCN3C2CCCCC2)cn1. The van der Waals surface area contributed by atoms with Crippen LogP contribution in [0.25, 0.3) is 0 Å². The van der Waals surface area contributed by atoms with Gasteiger partial charge in [-0.2, -0.15) is 0 Å². The Morgan fingerprint density at radius 3 is 2.91 bits per heavy atom. The van der Waals surface area contributed by atoms with E-state index in [4.69, 9.17) is 4.74 Å². The molecule has 1 aromatic heterocycles. The first-order valence-corrected chi connectivity index (χ1v) is 9.30. The monoisotopic (exact) mass is 327 g/mol. The van der Waals surface area contributed by atoms with Crippen LogP contribution < -0.4 is 9.64 Å².